The molecule has 0 heterocycles. The van der Waals surface area contributed by atoms with Gasteiger partial charge in [0.05, 0.1) is 20.3 Å². The fourth-order valence-electron chi connectivity index (χ4n) is 2.85. The number of ether oxygens (including phenoxy) is 4. The van der Waals surface area contributed by atoms with Gasteiger partial charge in [0.25, 0.3) is 0 Å². The van der Waals surface area contributed by atoms with Gasteiger partial charge in [-0.3, -0.25) is 0 Å². The Morgan fingerprint density at radius 1 is 1.03 bits per heavy atom. The van der Waals surface area contributed by atoms with E-state index in [0.717, 1.165) is 5.56 Å². The number of rotatable bonds is 9. The molecule has 30 heavy (non-hydrogen) atoms. The summed E-state index contributed by atoms with van der Waals surface area (Å²) >= 11 is 0. The molecule has 0 aliphatic rings. The predicted octanol–water partition coefficient (Wildman–Crippen LogP) is 4.23. The predicted molar refractivity (Wildman–Crippen MR) is 111 cm³/mol. The maximum Gasteiger partial charge on any atom is 0.344 e. The van der Waals surface area contributed by atoms with Crippen LogP contribution in [0.3, 0.4) is 0 Å². The van der Waals surface area contributed by atoms with Gasteiger partial charge in [-0.1, -0.05) is 12.1 Å². The van der Waals surface area contributed by atoms with E-state index in [2.05, 4.69) is 0 Å². The number of hydrogen-bond donors (Lipinski definition) is 1. The van der Waals surface area contributed by atoms with Crippen LogP contribution < -0.4 is 14.2 Å². The van der Waals surface area contributed by atoms with Crippen LogP contribution in [0.15, 0.2) is 36.4 Å². The zero-order valence-electron chi connectivity index (χ0n) is 18.0. The van der Waals surface area contributed by atoms with Crippen LogP contribution in [-0.4, -0.2) is 37.5 Å². The minimum atomic E-state index is -0.831. The van der Waals surface area contributed by atoms with Crippen molar-refractivity contribution in [1.82, 2.24) is 0 Å². The van der Waals surface area contributed by atoms with Gasteiger partial charge in [-0.05, 0) is 69.0 Å². The molecule has 0 fully saturated rings. The third-order valence-corrected chi connectivity index (χ3v) is 4.26. The van der Waals surface area contributed by atoms with Crippen molar-refractivity contribution in [3.63, 3.8) is 0 Å². The number of esters is 1. The summed E-state index contributed by atoms with van der Waals surface area (Å²) in [5.41, 5.74) is 0.813. The number of carbonyl (C=O) groups excluding carboxylic acids is 1. The molecular formula is C23H29FO6. The van der Waals surface area contributed by atoms with Crippen LogP contribution in [0.2, 0.25) is 0 Å². The van der Waals surface area contributed by atoms with Crippen molar-refractivity contribution in [3.05, 3.63) is 53.3 Å². The molecule has 0 saturated carbocycles. The van der Waals surface area contributed by atoms with E-state index in [1.165, 1.54) is 18.2 Å². The number of halogens is 1. The van der Waals surface area contributed by atoms with Gasteiger partial charge >= 0.3 is 5.97 Å². The third-order valence-electron chi connectivity index (χ3n) is 4.26. The van der Waals surface area contributed by atoms with Gasteiger partial charge < -0.3 is 24.1 Å². The Morgan fingerprint density at radius 2 is 1.73 bits per heavy atom. The van der Waals surface area contributed by atoms with Crippen molar-refractivity contribution in [3.8, 4) is 17.2 Å². The summed E-state index contributed by atoms with van der Waals surface area (Å²) in [4.78, 5) is 11.8. The number of benzene rings is 2. The molecule has 0 spiro atoms. The van der Waals surface area contributed by atoms with E-state index in [9.17, 15) is 14.3 Å². The summed E-state index contributed by atoms with van der Waals surface area (Å²) in [5.74, 6) is -0.0737. The molecule has 2 rings (SSSR count). The Balaban J connectivity index is 2.00. The number of aryl methyl sites for hydroxylation is 1. The normalized spacial score (nSPS) is 12.2. The SMILES string of the molecule is COc1ccc(CC[C@@H](O)c2ccc(F)c(OCC(=O)OC(C)(C)C)c2)cc1OC. The summed E-state index contributed by atoms with van der Waals surface area (Å²) in [6.45, 7) is 4.79. The second-order valence-electron chi connectivity index (χ2n) is 7.81. The highest BCUT2D eigenvalue weighted by Gasteiger charge is 2.18. The minimum absolute atomic E-state index is 0.108. The second kappa shape index (κ2) is 10.3. The molecule has 1 N–H and O–H groups in total. The Labute approximate surface area is 176 Å². The lowest BCUT2D eigenvalue weighted by molar-refractivity contribution is -0.157. The average Bonchev–Trinajstić information content (AvgIpc) is 2.69. The first-order valence-corrected chi connectivity index (χ1v) is 9.66. The van der Waals surface area contributed by atoms with Crippen LogP contribution in [0.5, 0.6) is 17.2 Å². The van der Waals surface area contributed by atoms with Crippen molar-refractivity contribution in [2.75, 3.05) is 20.8 Å². The van der Waals surface area contributed by atoms with Gasteiger partial charge in [0.1, 0.15) is 5.60 Å². The fourth-order valence-corrected chi connectivity index (χ4v) is 2.85. The van der Waals surface area contributed by atoms with Crippen LogP contribution in [0.4, 0.5) is 4.39 Å². The van der Waals surface area contributed by atoms with Gasteiger partial charge in [0.2, 0.25) is 0 Å². The maximum atomic E-state index is 14.0. The Bertz CT molecular complexity index is 859. The quantitative estimate of drug-likeness (QED) is 0.612. The molecular weight excluding hydrogens is 391 g/mol. The molecule has 0 bridgehead atoms. The number of methoxy groups -OCH3 is 2. The Morgan fingerprint density at radius 3 is 2.37 bits per heavy atom. The van der Waals surface area contributed by atoms with Crippen LogP contribution in [0.25, 0.3) is 0 Å². The van der Waals surface area contributed by atoms with E-state index < -0.39 is 30.1 Å². The Kier molecular flexibility index (Phi) is 8.06. The molecule has 7 heteroatoms. The highest BCUT2D eigenvalue weighted by atomic mass is 19.1. The largest absolute Gasteiger partial charge is 0.493 e. The molecule has 2 aromatic carbocycles. The lowest BCUT2D eigenvalue weighted by Crippen LogP contribution is -2.27. The van der Waals surface area contributed by atoms with Crippen molar-refractivity contribution >= 4 is 5.97 Å². The molecule has 6 nitrogen and oxygen atoms in total. The van der Waals surface area contributed by atoms with Crippen molar-refractivity contribution in [2.24, 2.45) is 0 Å². The molecule has 0 aliphatic heterocycles. The molecule has 0 radical (unpaired) electrons. The van der Waals surface area contributed by atoms with Gasteiger partial charge in [0, 0.05) is 0 Å². The molecule has 0 aromatic heterocycles. The smallest absolute Gasteiger partial charge is 0.344 e. The van der Waals surface area contributed by atoms with Crippen LogP contribution >= 0.6 is 0 Å². The highest BCUT2D eigenvalue weighted by molar-refractivity contribution is 5.71. The highest BCUT2D eigenvalue weighted by Crippen LogP contribution is 2.30. The molecule has 0 saturated heterocycles. The first kappa shape index (κ1) is 23.5. The van der Waals surface area contributed by atoms with Crippen LogP contribution in [-0.2, 0) is 16.0 Å². The van der Waals surface area contributed by atoms with Gasteiger partial charge in [-0.15, -0.1) is 0 Å². The number of carbonyl (C=O) groups is 1. The number of hydrogen-bond acceptors (Lipinski definition) is 6. The molecule has 164 valence electrons. The third kappa shape index (κ3) is 6.91. The van der Waals surface area contributed by atoms with Crippen molar-refractivity contribution < 1.29 is 33.2 Å². The van der Waals surface area contributed by atoms with Crippen molar-refractivity contribution in [1.29, 1.82) is 0 Å². The van der Waals surface area contributed by atoms with Gasteiger partial charge in [-0.25, -0.2) is 9.18 Å². The lowest BCUT2D eigenvalue weighted by Gasteiger charge is -2.19. The lowest BCUT2D eigenvalue weighted by atomic mass is 10.0. The second-order valence-corrected chi connectivity index (χ2v) is 7.81. The minimum Gasteiger partial charge on any atom is -0.493 e. The van der Waals surface area contributed by atoms with Gasteiger partial charge in [-0.2, -0.15) is 0 Å². The van der Waals surface area contributed by atoms with Crippen molar-refractivity contribution in [2.45, 2.75) is 45.3 Å². The van der Waals surface area contributed by atoms with E-state index >= 15 is 0 Å². The zero-order valence-corrected chi connectivity index (χ0v) is 18.0. The number of aliphatic hydroxyl groups excluding tert-OH is 1. The summed E-state index contributed by atoms with van der Waals surface area (Å²) < 4.78 is 35.0. The summed E-state index contributed by atoms with van der Waals surface area (Å²) in [7, 11) is 3.13. The molecule has 0 amide bonds. The first-order chi connectivity index (χ1) is 14.1. The summed E-state index contributed by atoms with van der Waals surface area (Å²) in [5, 5.41) is 10.5. The summed E-state index contributed by atoms with van der Waals surface area (Å²) in [6.07, 6.45) is 0.155. The van der Waals surface area contributed by atoms with E-state index in [-0.39, 0.29) is 5.75 Å². The standard InChI is InChI=1S/C23H29FO6/c1-23(2,3)30-22(26)14-29-20-13-16(8-9-17(20)24)18(25)10-6-15-7-11-19(27-4)21(12-15)28-5/h7-9,11-13,18,25H,6,10,14H2,1-5H3/t18-/m1/s1. The van der Waals surface area contributed by atoms with E-state index in [0.29, 0.717) is 29.9 Å². The maximum absolute atomic E-state index is 14.0. The monoisotopic (exact) mass is 420 g/mol. The average molecular weight is 420 g/mol. The zero-order chi connectivity index (χ0) is 22.3. The molecule has 2 aromatic rings. The summed E-state index contributed by atoms with van der Waals surface area (Å²) in [6, 6.07) is 9.66. The van der Waals surface area contributed by atoms with E-state index in [1.54, 1.807) is 41.1 Å². The first-order valence-electron chi connectivity index (χ1n) is 9.66. The van der Waals surface area contributed by atoms with E-state index in [4.69, 9.17) is 18.9 Å². The molecule has 1 atom stereocenters. The van der Waals surface area contributed by atoms with Crippen LogP contribution in [0.1, 0.15) is 44.4 Å². The fraction of sp³-hybridized carbons (Fsp3) is 0.435. The van der Waals surface area contributed by atoms with E-state index in [1.807, 2.05) is 12.1 Å². The molecule has 0 aliphatic carbocycles. The van der Waals surface area contributed by atoms with Gasteiger partial charge in [0.15, 0.2) is 29.7 Å². The topological polar surface area (TPSA) is 74.2 Å². The Hall–Kier alpha value is -2.80. The van der Waals surface area contributed by atoms with Crippen LogP contribution in [0, 0.1) is 5.82 Å². The number of aliphatic hydroxyl groups is 1. The molecule has 0 unspecified atom stereocenters.